The summed E-state index contributed by atoms with van der Waals surface area (Å²) in [5.41, 5.74) is 3.87. The normalized spacial score (nSPS) is 10.8. The van der Waals surface area contributed by atoms with Gasteiger partial charge in [0.25, 0.3) is 0 Å². The fourth-order valence-corrected chi connectivity index (χ4v) is 2.80. The van der Waals surface area contributed by atoms with Crippen LogP contribution in [-0.4, -0.2) is 25.0 Å². The molecule has 0 radical (unpaired) electrons. The van der Waals surface area contributed by atoms with Crippen LogP contribution in [0.4, 0.5) is 0 Å². The van der Waals surface area contributed by atoms with Crippen molar-refractivity contribution in [2.75, 3.05) is 14.2 Å². The highest BCUT2D eigenvalue weighted by Gasteiger charge is 2.15. The summed E-state index contributed by atoms with van der Waals surface area (Å²) in [4.78, 5) is 14.3. The van der Waals surface area contributed by atoms with E-state index in [1.54, 1.807) is 25.3 Å². The minimum Gasteiger partial charge on any atom is -0.496 e. The van der Waals surface area contributed by atoms with Crippen LogP contribution in [0.25, 0.3) is 11.0 Å². The molecule has 0 spiro atoms. The first-order chi connectivity index (χ1) is 11.6. The molecule has 2 aromatic carbocycles. The van der Waals surface area contributed by atoms with Gasteiger partial charge in [0, 0.05) is 30.1 Å². The monoisotopic (exact) mass is 323 g/mol. The number of aryl methyl sites for hydroxylation is 1. The van der Waals surface area contributed by atoms with E-state index in [1.807, 2.05) is 49.4 Å². The van der Waals surface area contributed by atoms with Crippen LogP contribution in [0.3, 0.4) is 0 Å². The van der Waals surface area contributed by atoms with Crippen molar-refractivity contribution in [3.8, 4) is 5.75 Å². The van der Waals surface area contributed by atoms with Crippen LogP contribution in [0.5, 0.6) is 5.75 Å². The lowest BCUT2D eigenvalue weighted by Gasteiger charge is -2.18. The molecule has 0 bridgehead atoms. The number of rotatable bonds is 5. The van der Waals surface area contributed by atoms with E-state index in [0.717, 1.165) is 33.4 Å². The first-order valence-electron chi connectivity index (χ1n) is 7.91. The number of nitrogens with zero attached hydrogens (tertiary/aromatic N) is 1. The first kappa shape index (κ1) is 16.1. The van der Waals surface area contributed by atoms with Gasteiger partial charge in [-0.1, -0.05) is 30.3 Å². The van der Waals surface area contributed by atoms with Crippen LogP contribution in [-0.2, 0) is 17.8 Å². The molecule has 124 valence electrons. The largest absolute Gasteiger partial charge is 0.496 e. The molecule has 0 atom stereocenters. The summed E-state index contributed by atoms with van der Waals surface area (Å²) in [6.45, 7) is 2.53. The number of para-hydroxylation sites is 1. The van der Waals surface area contributed by atoms with E-state index in [0.29, 0.717) is 13.0 Å². The molecule has 1 heterocycles. The van der Waals surface area contributed by atoms with Crippen LogP contribution < -0.4 is 4.74 Å². The molecule has 24 heavy (non-hydrogen) atoms. The van der Waals surface area contributed by atoms with Crippen LogP contribution in [0.15, 0.2) is 53.1 Å². The Bertz CT molecular complexity index is 866. The maximum Gasteiger partial charge on any atom is 0.227 e. The van der Waals surface area contributed by atoms with Crippen molar-refractivity contribution in [1.29, 1.82) is 0 Å². The van der Waals surface area contributed by atoms with Crippen LogP contribution in [0, 0.1) is 6.92 Å². The molecule has 0 saturated carbocycles. The number of hydrogen-bond donors (Lipinski definition) is 0. The SMILES string of the molecule is COc1ccccc1CN(C)C(=O)Cc1coc2cc(C)ccc12. The van der Waals surface area contributed by atoms with Crippen LogP contribution in [0.2, 0.25) is 0 Å². The Morgan fingerprint density at radius 3 is 2.75 bits per heavy atom. The van der Waals surface area contributed by atoms with Crippen LogP contribution in [0.1, 0.15) is 16.7 Å². The third-order valence-electron chi connectivity index (χ3n) is 4.18. The van der Waals surface area contributed by atoms with E-state index in [9.17, 15) is 4.79 Å². The summed E-state index contributed by atoms with van der Waals surface area (Å²) in [5.74, 6) is 0.838. The molecule has 0 aliphatic heterocycles. The molecule has 1 amide bonds. The topological polar surface area (TPSA) is 42.7 Å². The number of methoxy groups -OCH3 is 1. The number of fused-ring (bicyclic) bond motifs is 1. The van der Waals surface area contributed by atoms with E-state index in [1.165, 1.54) is 0 Å². The van der Waals surface area contributed by atoms with Crippen molar-refractivity contribution < 1.29 is 13.9 Å². The molecule has 4 nitrogen and oxygen atoms in total. The predicted octanol–water partition coefficient (Wildman–Crippen LogP) is 3.95. The van der Waals surface area contributed by atoms with E-state index in [-0.39, 0.29) is 5.91 Å². The smallest absolute Gasteiger partial charge is 0.227 e. The molecule has 0 N–H and O–H groups in total. The fraction of sp³-hybridized carbons (Fsp3) is 0.250. The molecule has 0 fully saturated rings. The second kappa shape index (κ2) is 6.79. The maximum absolute atomic E-state index is 12.6. The van der Waals surface area contributed by atoms with Gasteiger partial charge in [-0.05, 0) is 24.6 Å². The summed E-state index contributed by atoms with van der Waals surface area (Å²) >= 11 is 0. The Hall–Kier alpha value is -2.75. The van der Waals surface area contributed by atoms with E-state index < -0.39 is 0 Å². The van der Waals surface area contributed by atoms with Crippen molar-refractivity contribution in [3.63, 3.8) is 0 Å². The number of hydrogen-bond acceptors (Lipinski definition) is 3. The first-order valence-corrected chi connectivity index (χ1v) is 7.91. The average molecular weight is 323 g/mol. The lowest BCUT2D eigenvalue weighted by molar-refractivity contribution is -0.129. The molecule has 0 aliphatic carbocycles. The highest BCUT2D eigenvalue weighted by atomic mass is 16.5. The number of carbonyl (C=O) groups is 1. The van der Waals surface area contributed by atoms with Gasteiger partial charge in [0.2, 0.25) is 5.91 Å². The summed E-state index contributed by atoms with van der Waals surface area (Å²) in [7, 11) is 3.45. The fourth-order valence-electron chi connectivity index (χ4n) is 2.80. The van der Waals surface area contributed by atoms with E-state index >= 15 is 0 Å². The van der Waals surface area contributed by atoms with Crippen molar-refractivity contribution in [1.82, 2.24) is 4.90 Å². The Labute approximate surface area is 141 Å². The molecule has 4 heteroatoms. The molecule has 1 aromatic heterocycles. The number of benzene rings is 2. The minimum absolute atomic E-state index is 0.0455. The number of furan rings is 1. The molecule has 3 aromatic rings. The summed E-state index contributed by atoms with van der Waals surface area (Å²) in [6, 6.07) is 13.8. The molecular weight excluding hydrogens is 302 g/mol. The van der Waals surface area contributed by atoms with Crippen molar-refractivity contribution in [2.24, 2.45) is 0 Å². The van der Waals surface area contributed by atoms with Gasteiger partial charge in [0.1, 0.15) is 11.3 Å². The minimum atomic E-state index is 0.0455. The summed E-state index contributed by atoms with van der Waals surface area (Å²) in [5, 5.41) is 1.000. The summed E-state index contributed by atoms with van der Waals surface area (Å²) in [6.07, 6.45) is 2.00. The van der Waals surface area contributed by atoms with Gasteiger partial charge in [-0.15, -0.1) is 0 Å². The van der Waals surface area contributed by atoms with E-state index in [4.69, 9.17) is 9.15 Å². The zero-order chi connectivity index (χ0) is 17.1. The lowest BCUT2D eigenvalue weighted by Crippen LogP contribution is -2.27. The van der Waals surface area contributed by atoms with E-state index in [2.05, 4.69) is 0 Å². The standard InChI is InChI=1S/C20H21NO3/c1-14-8-9-17-16(13-24-19(17)10-14)11-20(22)21(2)12-15-6-4-5-7-18(15)23-3/h4-10,13H,11-12H2,1-3H3. The molecule has 0 unspecified atom stereocenters. The van der Waals surface area contributed by atoms with Crippen molar-refractivity contribution >= 4 is 16.9 Å². The Kier molecular flexibility index (Phi) is 4.56. The Morgan fingerprint density at radius 2 is 1.96 bits per heavy atom. The highest BCUT2D eigenvalue weighted by Crippen LogP contribution is 2.24. The molecule has 0 aliphatic rings. The van der Waals surface area contributed by atoms with Gasteiger partial charge in [-0.3, -0.25) is 4.79 Å². The van der Waals surface area contributed by atoms with Gasteiger partial charge in [-0.25, -0.2) is 0 Å². The number of likely N-dealkylation sites (N-methyl/N-ethyl adjacent to an activating group) is 1. The summed E-state index contributed by atoms with van der Waals surface area (Å²) < 4.78 is 10.9. The quantitative estimate of drug-likeness (QED) is 0.714. The Morgan fingerprint density at radius 1 is 1.17 bits per heavy atom. The molecule has 0 saturated heterocycles. The Balaban J connectivity index is 1.74. The highest BCUT2D eigenvalue weighted by molar-refractivity contribution is 5.87. The third-order valence-corrected chi connectivity index (χ3v) is 4.18. The molecular formula is C20H21NO3. The van der Waals surface area contributed by atoms with Gasteiger partial charge in [-0.2, -0.15) is 0 Å². The zero-order valence-electron chi connectivity index (χ0n) is 14.2. The van der Waals surface area contributed by atoms with Crippen molar-refractivity contribution in [3.05, 3.63) is 65.4 Å². The second-order valence-corrected chi connectivity index (χ2v) is 6.00. The number of ether oxygens (including phenoxy) is 1. The zero-order valence-corrected chi connectivity index (χ0v) is 14.2. The average Bonchev–Trinajstić information content (AvgIpc) is 2.97. The number of carbonyl (C=O) groups excluding carboxylic acids is 1. The third kappa shape index (κ3) is 3.27. The van der Waals surface area contributed by atoms with Gasteiger partial charge in [0.05, 0.1) is 19.8 Å². The maximum atomic E-state index is 12.6. The van der Waals surface area contributed by atoms with Gasteiger partial charge in [0.15, 0.2) is 0 Å². The van der Waals surface area contributed by atoms with Crippen LogP contribution >= 0.6 is 0 Å². The van der Waals surface area contributed by atoms with Gasteiger partial charge < -0.3 is 14.1 Å². The number of amides is 1. The molecule has 3 rings (SSSR count). The lowest BCUT2D eigenvalue weighted by atomic mass is 10.1. The van der Waals surface area contributed by atoms with Gasteiger partial charge >= 0.3 is 0 Å². The second-order valence-electron chi connectivity index (χ2n) is 6.00. The predicted molar refractivity (Wildman–Crippen MR) is 94.1 cm³/mol. The van der Waals surface area contributed by atoms with Crippen molar-refractivity contribution in [2.45, 2.75) is 19.9 Å².